The van der Waals surface area contributed by atoms with Crippen LogP contribution in [0.1, 0.15) is 32.3 Å². The molecule has 0 aliphatic heterocycles. The molecule has 1 amide bonds. The minimum Gasteiger partial charge on any atom is -0.479 e. The van der Waals surface area contributed by atoms with E-state index in [1.807, 2.05) is 38.1 Å². The van der Waals surface area contributed by atoms with Crippen LogP contribution in [0.2, 0.25) is 5.02 Å². The van der Waals surface area contributed by atoms with E-state index in [0.29, 0.717) is 16.5 Å². The molecule has 0 heterocycles. The number of hydrogen-bond acceptors (Lipinski definition) is 4. The first kappa shape index (κ1) is 19.8. The van der Waals surface area contributed by atoms with E-state index < -0.39 is 18.0 Å². The van der Waals surface area contributed by atoms with Crippen LogP contribution in [-0.4, -0.2) is 24.6 Å². The fraction of sp³-hybridized carbons (Fsp3) is 0.300. The number of ether oxygens (including phenoxy) is 2. The number of esters is 1. The number of hydrogen-bond donors (Lipinski definition) is 1. The molecular formula is C20H22ClNO4. The molecule has 2 aromatic carbocycles. The molecule has 5 nitrogen and oxygen atoms in total. The number of rotatable bonds is 7. The molecule has 0 spiro atoms. The number of para-hydroxylation sites is 1. The maximum atomic E-state index is 12.1. The third-order valence-corrected chi connectivity index (χ3v) is 3.91. The topological polar surface area (TPSA) is 64.6 Å². The maximum Gasteiger partial charge on any atom is 0.347 e. The molecule has 2 aromatic rings. The number of anilines is 1. The summed E-state index contributed by atoms with van der Waals surface area (Å²) in [6.07, 6.45) is -0.841. The normalized spacial score (nSPS) is 11.7. The highest BCUT2D eigenvalue weighted by atomic mass is 35.5. The second-order valence-electron chi connectivity index (χ2n) is 6.11. The average molecular weight is 376 g/mol. The Morgan fingerprint density at radius 2 is 1.69 bits per heavy atom. The molecule has 1 atom stereocenters. The summed E-state index contributed by atoms with van der Waals surface area (Å²) in [6, 6.07) is 14.2. The van der Waals surface area contributed by atoms with Crippen molar-refractivity contribution >= 4 is 29.2 Å². The van der Waals surface area contributed by atoms with Crippen LogP contribution in [0, 0.1) is 0 Å². The third kappa shape index (κ3) is 5.77. The molecule has 2 rings (SSSR count). The molecule has 0 saturated carbocycles. The summed E-state index contributed by atoms with van der Waals surface area (Å²) in [6.45, 7) is 5.27. The Bertz CT molecular complexity index is 759. The number of nitrogens with one attached hydrogen (secondary N) is 1. The largest absolute Gasteiger partial charge is 0.479 e. The number of amides is 1. The summed E-state index contributed by atoms with van der Waals surface area (Å²) >= 11 is 5.80. The number of carbonyl (C=O) groups is 2. The molecule has 0 aromatic heterocycles. The van der Waals surface area contributed by atoms with Gasteiger partial charge in [0.2, 0.25) is 0 Å². The second kappa shape index (κ2) is 9.25. The number of halogens is 1. The molecule has 0 saturated heterocycles. The minimum atomic E-state index is -0.841. The first-order chi connectivity index (χ1) is 12.4. The molecule has 26 heavy (non-hydrogen) atoms. The smallest absolute Gasteiger partial charge is 0.347 e. The lowest BCUT2D eigenvalue weighted by molar-refractivity contribution is -0.153. The van der Waals surface area contributed by atoms with Gasteiger partial charge in [-0.1, -0.05) is 43.6 Å². The van der Waals surface area contributed by atoms with E-state index in [0.717, 1.165) is 5.56 Å². The van der Waals surface area contributed by atoms with E-state index in [4.69, 9.17) is 21.1 Å². The maximum absolute atomic E-state index is 12.1. The zero-order chi connectivity index (χ0) is 19.1. The monoisotopic (exact) mass is 375 g/mol. The molecule has 138 valence electrons. The fourth-order valence-electron chi connectivity index (χ4n) is 2.32. The number of benzene rings is 2. The van der Waals surface area contributed by atoms with Gasteiger partial charge >= 0.3 is 5.97 Å². The zero-order valence-corrected chi connectivity index (χ0v) is 15.7. The Morgan fingerprint density at radius 3 is 2.35 bits per heavy atom. The fourth-order valence-corrected chi connectivity index (χ4v) is 2.45. The number of carbonyl (C=O) groups excluding carboxylic acids is 2. The van der Waals surface area contributed by atoms with Crippen molar-refractivity contribution in [2.75, 3.05) is 11.9 Å². The van der Waals surface area contributed by atoms with Gasteiger partial charge in [-0.05, 0) is 48.7 Å². The van der Waals surface area contributed by atoms with Gasteiger partial charge in [-0.15, -0.1) is 0 Å². The SMILES string of the molecule is CC(C)c1ccccc1NC(=O)COC(=O)[C@H](C)Oc1ccc(Cl)cc1. The van der Waals surface area contributed by atoms with Gasteiger partial charge in [0.25, 0.3) is 5.91 Å². The quantitative estimate of drug-likeness (QED) is 0.728. The Labute approximate surface area is 158 Å². The van der Waals surface area contributed by atoms with Crippen LogP contribution in [0.5, 0.6) is 5.75 Å². The highest BCUT2D eigenvalue weighted by Crippen LogP contribution is 2.23. The van der Waals surface area contributed by atoms with Crippen molar-refractivity contribution in [1.82, 2.24) is 0 Å². The highest BCUT2D eigenvalue weighted by Gasteiger charge is 2.18. The predicted molar refractivity (Wildman–Crippen MR) is 102 cm³/mol. The summed E-state index contributed by atoms with van der Waals surface area (Å²) in [7, 11) is 0. The summed E-state index contributed by atoms with van der Waals surface area (Å²) in [4.78, 5) is 24.1. The van der Waals surface area contributed by atoms with Crippen molar-refractivity contribution in [2.24, 2.45) is 0 Å². The van der Waals surface area contributed by atoms with Crippen LogP contribution in [0.3, 0.4) is 0 Å². The van der Waals surface area contributed by atoms with E-state index in [-0.39, 0.29) is 12.5 Å². The van der Waals surface area contributed by atoms with Gasteiger partial charge in [0.15, 0.2) is 12.7 Å². The van der Waals surface area contributed by atoms with E-state index in [9.17, 15) is 9.59 Å². The molecule has 1 N–H and O–H groups in total. The molecule has 0 bridgehead atoms. The van der Waals surface area contributed by atoms with Gasteiger partial charge in [0.1, 0.15) is 5.75 Å². The molecule has 0 unspecified atom stereocenters. The highest BCUT2D eigenvalue weighted by molar-refractivity contribution is 6.30. The van der Waals surface area contributed by atoms with E-state index in [1.165, 1.54) is 0 Å². The molecule has 0 aliphatic carbocycles. The van der Waals surface area contributed by atoms with E-state index in [2.05, 4.69) is 5.32 Å². The predicted octanol–water partition coefficient (Wildman–Crippen LogP) is 4.41. The standard InChI is InChI=1S/C20H22ClNO4/c1-13(2)17-6-4-5-7-18(17)22-19(23)12-25-20(24)14(3)26-16-10-8-15(21)9-11-16/h4-11,13-14H,12H2,1-3H3,(H,22,23)/t14-/m0/s1. The van der Waals surface area contributed by atoms with Crippen molar-refractivity contribution in [1.29, 1.82) is 0 Å². The summed E-state index contributed by atoms with van der Waals surface area (Å²) in [5.41, 5.74) is 1.74. The van der Waals surface area contributed by atoms with Crippen LogP contribution in [0.15, 0.2) is 48.5 Å². The van der Waals surface area contributed by atoms with Crippen molar-refractivity contribution in [3.63, 3.8) is 0 Å². The minimum absolute atomic E-state index is 0.266. The lowest BCUT2D eigenvalue weighted by atomic mass is 10.0. The second-order valence-corrected chi connectivity index (χ2v) is 6.55. The van der Waals surface area contributed by atoms with Crippen LogP contribution in [0.25, 0.3) is 0 Å². The summed E-state index contributed by atoms with van der Waals surface area (Å²) in [5, 5.41) is 3.35. The molecule has 6 heteroatoms. The zero-order valence-electron chi connectivity index (χ0n) is 15.0. The molecule has 0 aliphatic rings. The van der Waals surface area contributed by atoms with Gasteiger partial charge in [-0.3, -0.25) is 4.79 Å². The van der Waals surface area contributed by atoms with Gasteiger partial charge in [0, 0.05) is 10.7 Å². The van der Waals surface area contributed by atoms with Crippen molar-refractivity contribution < 1.29 is 19.1 Å². The molecule has 0 fully saturated rings. The Kier molecular flexibility index (Phi) is 7.04. The van der Waals surface area contributed by atoms with Crippen LogP contribution >= 0.6 is 11.6 Å². The van der Waals surface area contributed by atoms with Crippen LogP contribution < -0.4 is 10.1 Å². The molecular weight excluding hydrogens is 354 g/mol. The lowest BCUT2D eigenvalue weighted by Gasteiger charge is -2.15. The van der Waals surface area contributed by atoms with Crippen LogP contribution in [-0.2, 0) is 14.3 Å². The van der Waals surface area contributed by atoms with Gasteiger partial charge in [-0.2, -0.15) is 0 Å². The van der Waals surface area contributed by atoms with Crippen molar-refractivity contribution in [3.8, 4) is 5.75 Å². The summed E-state index contributed by atoms with van der Waals surface area (Å²) < 4.78 is 10.5. The third-order valence-electron chi connectivity index (χ3n) is 3.66. The Balaban J connectivity index is 1.84. The average Bonchev–Trinajstić information content (AvgIpc) is 2.61. The van der Waals surface area contributed by atoms with Gasteiger partial charge in [-0.25, -0.2) is 4.79 Å². The van der Waals surface area contributed by atoms with E-state index in [1.54, 1.807) is 31.2 Å². The van der Waals surface area contributed by atoms with Crippen LogP contribution in [0.4, 0.5) is 5.69 Å². The van der Waals surface area contributed by atoms with Gasteiger partial charge < -0.3 is 14.8 Å². The summed E-state index contributed by atoms with van der Waals surface area (Å²) in [5.74, 6) is -0.256. The first-order valence-electron chi connectivity index (χ1n) is 8.34. The Hall–Kier alpha value is -2.53. The van der Waals surface area contributed by atoms with Crippen molar-refractivity contribution in [2.45, 2.75) is 32.8 Å². The van der Waals surface area contributed by atoms with E-state index >= 15 is 0 Å². The Morgan fingerprint density at radius 1 is 1.04 bits per heavy atom. The lowest BCUT2D eigenvalue weighted by Crippen LogP contribution is -2.29. The van der Waals surface area contributed by atoms with Gasteiger partial charge in [0.05, 0.1) is 0 Å². The molecule has 0 radical (unpaired) electrons. The first-order valence-corrected chi connectivity index (χ1v) is 8.72. The van der Waals surface area contributed by atoms with Crippen molar-refractivity contribution in [3.05, 3.63) is 59.1 Å².